The normalized spacial score (nSPS) is 16.1. The molecule has 2 heterocycles. The summed E-state index contributed by atoms with van der Waals surface area (Å²) >= 11 is 0. The van der Waals surface area contributed by atoms with Crippen molar-refractivity contribution in [2.75, 3.05) is 25.0 Å². The van der Waals surface area contributed by atoms with Gasteiger partial charge in [-0.05, 0) is 13.0 Å². The molecule has 0 amide bonds. The Morgan fingerprint density at radius 2 is 2.43 bits per heavy atom. The zero-order valence-corrected chi connectivity index (χ0v) is 8.29. The van der Waals surface area contributed by atoms with Gasteiger partial charge < -0.3 is 15.4 Å². The predicted octanol–water partition coefficient (Wildman–Crippen LogP) is 0.864. The van der Waals surface area contributed by atoms with Crippen LogP contribution in [0.4, 0.5) is 5.82 Å². The van der Waals surface area contributed by atoms with Crippen LogP contribution in [0.1, 0.15) is 6.92 Å². The quantitative estimate of drug-likeness (QED) is 0.744. The van der Waals surface area contributed by atoms with E-state index in [1.165, 1.54) is 0 Å². The van der Waals surface area contributed by atoms with Crippen molar-refractivity contribution in [3.63, 3.8) is 0 Å². The van der Waals surface area contributed by atoms with Crippen LogP contribution in [0.5, 0.6) is 5.88 Å². The van der Waals surface area contributed by atoms with E-state index in [2.05, 4.69) is 15.6 Å². The minimum absolute atomic E-state index is 0.513. The molecule has 4 nitrogen and oxygen atoms in total. The molecule has 1 aromatic heterocycles. The van der Waals surface area contributed by atoms with Gasteiger partial charge in [0, 0.05) is 19.2 Å². The molecule has 14 heavy (non-hydrogen) atoms. The average Bonchev–Trinajstić information content (AvgIpc) is 2.13. The summed E-state index contributed by atoms with van der Waals surface area (Å²) in [7, 11) is 0. The number of aromatic nitrogens is 1. The van der Waals surface area contributed by atoms with Crippen molar-refractivity contribution >= 4 is 5.82 Å². The molecule has 0 saturated carbocycles. The van der Waals surface area contributed by atoms with Gasteiger partial charge in [0.05, 0.1) is 12.6 Å². The Bertz CT molecular complexity index is 299. The third kappa shape index (κ3) is 2.14. The number of hydrogen-bond donors (Lipinski definition) is 2. The molecule has 0 aliphatic carbocycles. The van der Waals surface area contributed by atoms with Crippen LogP contribution in [-0.4, -0.2) is 30.7 Å². The van der Waals surface area contributed by atoms with Crippen molar-refractivity contribution in [2.24, 2.45) is 0 Å². The van der Waals surface area contributed by atoms with E-state index in [0.717, 1.165) is 18.9 Å². The smallest absolute Gasteiger partial charge is 0.215 e. The Balaban J connectivity index is 1.97. The number of anilines is 1. The number of nitrogens with one attached hydrogen (secondary N) is 2. The summed E-state index contributed by atoms with van der Waals surface area (Å²) in [5.74, 6) is 1.58. The molecule has 0 aromatic carbocycles. The van der Waals surface area contributed by atoms with Crippen molar-refractivity contribution in [1.29, 1.82) is 0 Å². The average molecular weight is 193 g/mol. The van der Waals surface area contributed by atoms with Crippen LogP contribution in [0.15, 0.2) is 18.2 Å². The molecule has 0 bridgehead atoms. The number of ether oxygens (including phenoxy) is 1. The van der Waals surface area contributed by atoms with E-state index in [-0.39, 0.29) is 0 Å². The van der Waals surface area contributed by atoms with Gasteiger partial charge in [-0.2, -0.15) is 4.98 Å². The first-order chi connectivity index (χ1) is 6.88. The Hall–Kier alpha value is -1.29. The lowest BCUT2D eigenvalue weighted by atomic mass is 10.2. The SMILES string of the molecule is CCOc1cccc(NC2CNC2)n1. The van der Waals surface area contributed by atoms with Crippen LogP contribution < -0.4 is 15.4 Å². The van der Waals surface area contributed by atoms with E-state index >= 15 is 0 Å². The first-order valence-corrected chi connectivity index (χ1v) is 4.95. The molecule has 1 fully saturated rings. The van der Waals surface area contributed by atoms with Crippen molar-refractivity contribution < 1.29 is 4.74 Å². The second kappa shape index (κ2) is 4.28. The van der Waals surface area contributed by atoms with Gasteiger partial charge >= 0.3 is 0 Å². The Morgan fingerprint density at radius 3 is 3.07 bits per heavy atom. The highest BCUT2D eigenvalue weighted by atomic mass is 16.5. The van der Waals surface area contributed by atoms with E-state index in [4.69, 9.17) is 4.74 Å². The van der Waals surface area contributed by atoms with Crippen LogP contribution in [0.2, 0.25) is 0 Å². The fraction of sp³-hybridized carbons (Fsp3) is 0.500. The van der Waals surface area contributed by atoms with Crippen LogP contribution in [0.25, 0.3) is 0 Å². The van der Waals surface area contributed by atoms with E-state index in [1.807, 2.05) is 25.1 Å². The number of rotatable bonds is 4. The Morgan fingerprint density at radius 1 is 1.57 bits per heavy atom. The topological polar surface area (TPSA) is 46.2 Å². The maximum Gasteiger partial charge on any atom is 0.215 e. The molecule has 1 saturated heterocycles. The van der Waals surface area contributed by atoms with Crippen molar-refractivity contribution in [1.82, 2.24) is 10.3 Å². The maximum absolute atomic E-state index is 5.31. The molecule has 1 aromatic rings. The van der Waals surface area contributed by atoms with Gasteiger partial charge in [-0.3, -0.25) is 0 Å². The molecule has 0 atom stereocenters. The second-order valence-electron chi connectivity index (χ2n) is 3.29. The molecule has 0 radical (unpaired) electrons. The zero-order valence-electron chi connectivity index (χ0n) is 8.29. The molecular weight excluding hydrogens is 178 g/mol. The third-order valence-corrected chi connectivity index (χ3v) is 2.15. The lowest BCUT2D eigenvalue weighted by Crippen LogP contribution is -2.51. The van der Waals surface area contributed by atoms with Gasteiger partial charge in [-0.1, -0.05) is 6.07 Å². The number of hydrogen-bond acceptors (Lipinski definition) is 4. The van der Waals surface area contributed by atoms with Gasteiger partial charge in [-0.25, -0.2) is 0 Å². The fourth-order valence-corrected chi connectivity index (χ4v) is 1.32. The predicted molar refractivity (Wildman–Crippen MR) is 55.7 cm³/mol. The summed E-state index contributed by atoms with van der Waals surface area (Å²) in [5.41, 5.74) is 0. The van der Waals surface area contributed by atoms with Crippen LogP contribution in [0.3, 0.4) is 0 Å². The molecule has 76 valence electrons. The minimum atomic E-state index is 0.513. The van der Waals surface area contributed by atoms with E-state index in [9.17, 15) is 0 Å². The molecule has 2 rings (SSSR count). The Kier molecular flexibility index (Phi) is 2.84. The zero-order chi connectivity index (χ0) is 9.80. The van der Waals surface area contributed by atoms with E-state index in [0.29, 0.717) is 18.5 Å². The standard InChI is InChI=1S/C10H15N3O/c1-2-14-10-5-3-4-9(13-10)12-8-6-11-7-8/h3-5,8,11H,2,6-7H2,1H3,(H,12,13). The van der Waals surface area contributed by atoms with Gasteiger partial charge in [0.1, 0.15) is 5.82 Å². The van der Waals surface area contributed by atoms with Crippen molar-refractivity contribution in [2.45, 2.75) is 13.0 Å². The van der Waals surface area contributed by atoms with Crippen LogP contribution >= 0.6 is 0 Å². The van der Waals surface area contributed by atoms with Crippen LogP contribution in [0, 0.1) is 0 Å². The molecule has 0 spiro atoms. The van der Waals surface area contributed by atoms with E-state index < -0.39 is 0 Å². The summed E-state index contributed by atoms with van der Waals surface area (Å²) in [6, 6.07) is 6.29. The third-order valence-electron chi connectivity index (χ3n) is 2.15. The molecular formula is C10H15N3O. The number of pyridine rings is 1. The first kappa shape index (κ1) is 9.27. The number of nitrogens with zero attached hydrogens (tertiary/aromatic N) is 1. The Labute approximate surface area is 83.7 Å². The van der Waals surface area contributed by atoms with Crippen molar-refractivity contribution in [3.05, 3.63) is 18.2 Å². The molecule has 1 aliphatic heterocycles. The first-order valence-electron chi connectivity index (χ1n) is 4.95. The lowest BCUT2D eigenvalue weighted by Gasteiger charge is -2.28. The summed E-state index contributed by atoms with van der Waals surface area (Å²) < 4.78 is 5.31. The summed E-state index contributed by atoms with van der Waals surface area (Å²) in [4.78, 5) is 4.32. The maximum atomic E-state index is 5.31. The van der Waals surface area contributed by atoms with Gasteiger partial charge in [0.2, 0.25) is 5.88 Å². The lowest BCUT2D eigenvalue weighted by molar-refractivity contribution is 0.327. The van der Waals surface area contributed by atoms with E-state index in [1.54, 1.807) is 0 Å². The van der Waals surface area contributed by atoms with Gasteiger partial charge in [0.25, 0.3) is 0 Å². The molecule has 1 aliphatic rings. The van der Waals surface area contributed by atoms with Crippen LogP contribution in [-0.2, 0) is 0 Å². The van der Waals surface area contributed by atoms with Gasteiger partial charge in [0.15, 0.2) is 0 Å². The highest BCUT2D eigenvalue weighted by Gasteiger charge is 2.16. The second-order valence-corrected chi connectivity index (χ2v) is 3.29. The van der Waals surface area contributed by atoms with Gasteiger partial charge in [-0.15, -0.1) is 0 Å². The largest absolute Gasteiger partial charge is 0.478 e. The molecule has 4 heteroatoms. The highest BCUT2D eigenvalue weighted by Crippen LogP contribution is 2.12. The highest BCUT2D eigenvalue weighted by molar-refractivity contribution is 5.38. The minimum Gasteiger partial charge on any atom is -0.478 e. The molecule has 2 N–H and O–H groups in total. The van der Waals surface area contributed by atoms with Crippen molar-refractivity contribution in [3.8, 4) is 5.88 Å². The fourth-order valence-electron chi connectivity index (χ4n) is 1.32. The summed E-state index contributed by atoms with van der Waals surface area (Å²) in [5, 5.41) is 6.52. The summed E-state index contributed by atoms with van der Waals surface area (Å²) in [6.45, 7) is 4.64. The molecule has 0 unspecified atom stereocenters. The monoisotopic (exact) mass is 193 g/mol. The summed E-state index contributed by atoms with van der Waals surface area (Å²) in [6.07, 6.45) is 0.